The summed E-state index contributed by atoms with van der Waals surface area (Å²) >= 11 is 1.78. The number of nitrogens with zero attached hydrogens (tertiary/aromatic N) is 2. The Hall–Kier alpha value is -1.62. The Kier molecular flexibility index (Phi) is 4.95. The van der Waals surface area contributed by atoms with Gasteiger partial charge in [0.25, 0.3) is 0 Å². The fourth-order valence-electron chi connectivity index (χ4n) is 2.14. The Morgan fingerprint density at radius 2 is 1.95 bits per heavy atom. The van der Waals surface area contributed by atoms with Crippen molar-refractivity contribution in [3.8, 4) is 0 Å². The molecule has 5 heteroatoms. The van der Waals surface area contributed by atoms with Crippen LogP contribution in [-0.2, 0) is 0 Å². The molecule has 2 heterocycles. The molecule has 0 aliphatic carbocycles. The van der Waals surface area contributed by atoms with E-state index in [0.29, 0.717) is 6.04 Å². The second kappa shape index (κ2) is 6.70. The van der Waals surface area contributed by atoms with Gasteiger partial charge in [-0.05, 0) is 38.6 Å². The molecule has 2 rings (SSSR count). The molecule has 0 saturated heterocycles. The van der Waals surface area contributed by atoms with E-state index >= 15 is 0 Å². The van der Waals surface area contributed by atoms with Gasteiger partial charge in [-0.15, -0.1) is 11.3 Å². The van der Waals surface area contributed by atoms with Crippen LogP contribution in [0.3, 0.4) is 0 Å². The smallest absolute Gasteiger partial charge is 0.135 e. The van der Waals surface area contributed by atoms with Crippen molar-refractivity contribution in [3.63, 3.8) is 0 Å². The predicted molar refractivity (Wildman–Crippen MR) is 86.6 cm³/mol. The zero-order valence-electron chi connectivity index (χ0n) is 12.5. The molecule has 0 bridgehead atoms. The summed E-state index contributed by atoms with van der Waals surface area (Å²) in [6.07, 6.45) is 1.03. The van der Waals surface area contributed by atoms with Crippen molar-refractivity contribution in [2.75, 3.05) is 17.2 Å². The van der Waals surface area contributed by atoms with Crippen LogP contribution < -0.4 is 10.6 Å². The Morgan fingerprint density at radius 1 is 1.20 bits per heavy atom. The van der Waals surface area contributed by atoms with Crippen molar-refractivity contribution in [1.29, 1.82) is 0 Å². The molecular formula is C15H22N4S. The van der Waals surface area contributed by atoms with Gasteiger partial charge in [0, 0.05) is 17.0 Å². The van der Waals surface area contributed by atoms with Crippen molar-refractivity contribution in [2.24, 2.45) is 0 Å². The molecule has 2 aromatic rings. The van der Waals surface area contributed by atoms with Gasteiger partial charge >= 0.3 is 0 Å². The fraction of sp³-hybridized carbons (Fsp3) is 0.467. The minimum atomic E-state index is 0.303. The van der Waals surface area contributed by atoms with Gasteiger partial charge in [-0.1, -0.05) is 13.0 Å². The number of anilines is 2. The Morgan fingerprint density at radius 3 is 2.55 bits per heavy atom. The summed E-state index contributed by atoms with van der Waals surface area (Å²) in [5.74, 6) is 2.63. The summed E-state index contributed by atoms with van der Waals surface area (Å²) < 4.78 is 0. The maximum Gasteiger partial charge on any atom is 0.135 e. The second-order valence-corrected chi connectivity index (χ2v) is 5.72. The summed E-state index contributed by atoms with van der Waals surface area (Å²) in [6.45, 7) is 9.10. The van der Waals surface area contributed by atoms with Crippen LogP contribution in [-0.4, -0.2) is 16.5 Å². The Bertz CT molecular complexity index is 551. The average Bonchev–Trinajstić information content (AvgIpc) is 2.95. The molecule has 20 heavy (non-hydrogen) atoms. The van der Waals surface area contributed by atoms with Gasteiger partial charge < -0.3 is 10.6 Å². The van der Waals surface area contributed by atoms with Gasteiger partial charge in [0.1, 0.15) is 17.5 Å². The van der Waals surface area contributed by atoms with Crippen LogP contribution in [0.15, 0.2) is 17.5 Å². The molecule has 0 spiro atoms. The lowest BCUT2D eigenvalue weighted by atomic mass is 10.1. The molecule has 2 aromatic heterocycles. The molecule has 0 radical (unpaired) electrons. The van der Waals surface area contributed by atoms with E-state index in [1.54, 1.807) is 11.3 Å². The number of nitrogens with one attached hydrogen (secondary N) is 2. The SMILES string of the molecule is CCNc1nc(C)nc(NC(CC)c2cccs2)c1C. The topological polar surface area (TPSA) is 49.8 Å². The summed E-state index contributed by atoms with van der Waals surface area (Å²) in [6, 6.07) is 4.56. The molecule has 108 valence electrons. The van der Waals surface area contributed by atoms with E-state index in [0.717, 1.165) is 36.0 Å². The summed E-state index contributed by atoms with van der Waals surface area (Å²) in [5, 5.41) is 8.97. The Labute approximate surface area is 124 Å². The lowest BCUT2D eigenvalue weighted by Gasteiger charge is -2.19. The molecule has 0 saturated carbocycles. The van der Waals surface area contributed by atoms with E-state index in [1.165, 1.54) is 4.88 Å². The molecule has 0 fully saturated rings. The minimum absolute atomic E-state index is 0.303. The molecule has 1 unspecified atom stereocenters. The maximum absolute atomic E-state index is 4.56. The molecule has 4 nitrogen and oxygen atoms in total. The number of hydrogen-bond acceptors (Lipinski definition) is 5. The van der Waals surface area contributed by atoms with Crippen molar-refractivity contribution in [3.05, 3.63) is 33.8 Å². The van der Waals surface area contributed by atoms with Gasteiger partial charge in [0.2, 0.25) is 0 Å². The van der Waals surface area contributed by atoms with Gasteiger partial charge in [0.15, 0.2) is 0 Å². The number of thiophene rings is 1. The van der Waals surface area contributed by atoms with E-state index in [2.05, 4.69) is 58.9 Å². The quantitative estimate of drug-likeness (QED) is 0.839. The van der Waals surface area contributed by atoms with E-state index < -0.39 is 0 Å². The third kappa shape index (κ3) is 3.28. The number of hydrogen-bond donors (Lipinski definition) is 2. The van der Waals surface area contributed by atoms with E-state index in [4.69, 9.17) is 0 Å². The minimum Gasteiger partial charge on any atom is -0.370 e. The number of aryl methyl sites for hydroxylation is 1. The van der Waals surface area contributed by atoms with E-state index in [9.17, 15) is 0 Å². The largest absolute Gasteiger partial charge is 0.370 e. The number of rotatable bonds is 6. The first-order valence-corrected chi connectivity index (χ1v) is 7.92. The Balaban J connectivity index is 2.28. The van der Waals surface area contributed by atoms with Gasteiger partial charge in [0.05, 0.1) is 6.04 Å². The molecule has 0 amide bonds. The molecule has 1 atom stereocenters. The van der Waals surface area contributed by atoms with E-state index in [1.807, 2.05) is 6.92 Å². The molecule has 0 aromatic carbocycles. The first-order chi connectivity index (χ1) is 9.65. The van der Waals surface area contributed by atoms with E-state index in [-0.39, 0.29) is 0 Å². The first kappa shape index (κ1) is 14.8. The molecule has 0 aliphatic heterocycles. The van der Waals surface area contributed by atoms with Gasteiger partial charge in [-0.25, -0.2) is 9.97 Å². The first-order valence-electron chi connectivity index (χ1n) is 7.04. The molecule has 2 N–H and O–H groups in total. The maximum atomic E-state index is 4.56. The summed E-state index contributed by atoms with van der Waals surface area (Å²) in [5.41, 5.74) is 1.08. The zero-order valence-corrected chi connectivity index (χ0v) is 13.3. The summed E-state index contributed by atoms with van der Waals surface area (Å²) in [7, 11) is 0. The highest BCUT2D eigenvalue weighted by molar-refractivity contribution is 7.10. The van der Waals surface area contributed by atoms with Crippen LogP contribution in [0.1, 0.15) is 42.6 Å². The highest BCUT2D eigenvalue weighted by Crippen LogP contribution is 2.28. The van der Waals surface area contributed by atoms with Gasteiger partial charge in [-0.3, -0.25) is 0 Å². The van der Waals surface area contributed by atoms with Crippen LogP contribution in [0.5, 0.6) is 0 Å². The third-order valence-corrected chi connectivity index (χ3v) is 4.19. The predicted octanol–water partition coefficient (Wildman–Crippen LogP) is 4.15. The van der Waals surface area contributed by atoms with Crippen LogP contribution >= 0.6 is 11.3 Å². The van der Waals surface area contributed by atoms with Crippen molar-refractivity contribution in [2.45, 2.75) is 40.2 Å². The second-order valence-electron chi connectivity index (χ2n) is 4.74. The third-order valence-electron chi connectivity index (χ3n) is 3.21. The van der Waals surface area contributed by atoms with Crippen molar-refractivity contribution in [1.82, 2.24) is 9.97 Å². The van der Waals surface area contributed by atoms with Crippen molar-refractivity contribution < 1.29 is 0 Å². The van der Waals surface area contributed by atoms with Crippen LogP contribution in [0, 0.1) is 13.8 Å². The monoisotopic (exact) mass is 290 g/mol. The number of aromatic nitrogens is 2. The summed E-state index contributed by atoms with van der Waals surface area (Å²) in [4.78, 5) is 10.4. The van der Waals surface area contributed by atoms with Crippen LogP contribution in [0.2, 0.25) is 0 Å². The lowest BCUT2D eigenvalue weighted by molar-refractivity contribution is 0.755. The molecular weight excluding hydrogens is 268 g/mol. The highest BCUT2D eigenvalue weighted by Gasteiger charge is 2.14. The lowest BCUT2D eigenvalue weighted by Crippen LogP contribution is -2.13. The van der Waals surface area contributed by atoms with Crippen LogP contribution in [0.25, 0.3) is 0 Å². The normalized spacial score (nSPS) is 12.2. The van der Waals surface area contributed by atoms with Crippen molar-refractivity contribution >= 4 is 23.0 Å². The van der Waals surface area contributed by atoms with Crippen LogP contribution in [0.4, 0.5) is 11.6 Å². The fourth-order valence-corrected chi connectivity index (χ4v) is 3.00. The standard InChI is InChI=1S/C15H22N4S/c1-5-12(13-8-7-9-20-13)19-15-10(3)14(16-6-2)17-11(4)18-15/h7-9,12H,5-6H2,1-4H3,(H2,16,17,18,19). The molecule has 0 aliphatic rings. The average molecular weight is 290 g/mol. The zero-order chi connectivity index (χ0) is 14.5. The highest BCUT2D eigenvalue weighted by atomic mass is 32.1. The van der Waals surface area contributed by atoms with Gasteiger partial charge in [-0.2, -0.15) is 0 Å².